The van der Waals surface area contributed by atoms with Crippen LogP contribution in [0.4, 0.5) is 0 Å². The van der Waals surface area contributed by atoms with E-state index in [1.165, 1.54) is 29.1 Å². The van der Waals surface area contributed by atoms with Gasteiger partial charge in [-0.2, -0.15) is 0 Å². The standard InChI is InChI=1S/C13H23N3S/c1-10-8-15-12(17-10)11(2)16-9-13(14)6-4-3-5-7-13/h8,11,16H,3-7,9,14H2,1-2H3. The summed E-state index contributed by atoms with van der Waals surface area (Å²) in [5, 5.41) is 4.71. The van der Waals surface area contributed by atoms with Crippen LogP contribution < -0.4 is 11.1 Å². The summed E-state index contributed by atoms with van der Waals surface area (Å²) in [6.45, 7) is 5.18. The topological polar surface area (TPSA) is 50.9 Å². The highest BCUT2D eigenvalue weighted by atomic mass is 32.1. The van der Waals surface area contributed by atoms with Crippen LogP contribution in [-0.2, 0) is 0 Å². The smallest absolute Gasteiger partial charge is 0.109 e. The molecule has 96 valence electrons. The van der Waals surface area contributed by atoms with E-state index in [0.29, 0.717) is 6.04 Å². The molecule has 4 heteroatoms. The van der Waals surface area contributed by atoms with Crippen molar-refractivity contribution in [2.45, 2.75) is 57.5 Å². The Balaban J connectivity index is 1.85. The lowest BCUT2D eigenvalue weighted by molar-refractivity contribution is 0.276. The molecule has 2 rings (SSSR count). The molecule has 0 spiro atoms. The summed E-state index contributed by atoms with van der Waals surface area (Å²) in [4.78, 5) is 5.69. The van der Waals surface area contributed by atoms with Crippen LogP contribution in [0.3, 0.4) is 0 Å². The molecule has 1 aliphatic rings. The fraction of sp³-hybridized carbons (Fsp3) is 0.769. The summed E-state index contributed by atoms with van der Waals surface area (Å²) < 4.78 is 0. The molecule has 0 aromatic carbocycles. The zero-order valence-corrected chi connectivity index (χ0v) is 11.6. The van der Waals surface area contributed by atoms with Crippen molar-refractivity contribution in [3.05, 3.63) is 16.1 Å². The average Bonchev–Trinajstić information content (AvgIpc) is 2.74. The maximum atomic E-state index is 6.41. The van der Waals surface area contributed by atoms with Crippen molar-refractivity contribution in [2.75, 3.05) is 6.54 Å². The van der Waals surface area contributed by atoms with Crippen LogP contribution in [0, 0.1) is 6.92 Å². The molecule has 1 unspecified atom stereocenters. The number of nitrogens with one attached hydrogen (secondary N) is 1. The van der Waals surface area contributed by atoms with Crippen LogP contribution in [0.25, 0.3) is 0 Å². The Morgan fingerprint density at radius 2 is 2.18 bits per heavy atom. The van der Waals surface area contributed by atoms with Crippen LogP contribution in [0.1, 0.15) is 55.0 Å². The fourth-order valence-electron chi connectivity index (χ4n) is 2.45. The zero-order valence-electron chi connectivity index (χ0n) is 10.8. The first-order valence-corrected chi connectivity index (χ1v) is 7.35. The van der Waals surface area contributed by atoms with Crippen molar-refractivity contribution >= 4 is 11.3 Å². The van der Waals surface area contributed by atoms with Crippen LogP contribution in [0.5, 0.6) is 0 Å². The third kappa shape index (κ3) is 3.50. The van der Waals surface area contributed by atoms with E-state index < -0.39 is 0 Å². The fourth-order valence-corrected chi connectivity index (χ4v) is 3.25. The summed E-state index contributed by atoms with van der Waals surface area (Å²) >= 11 is 1.77. The molecule has 0 bridgehead atoms. The van der Waals surface area contributed by atoms with Crippen molar-refractivity contribution in [1.82, 2.24) is 10.3 Å². The van der Waals surface area contributed by atoms with Crippen molar-refractivity contribution in [3.63, 3.8) is 0 Å². The molecule has 0 amide bonds. The van der Waals surface area contributed by atoms with E-state index in [-0.39, 0.29) is 5.54 Å². The van der Waals surface area contributed by atoms with Crippen LogP contribution >= 0.6 is 11.3 Å². The number of rotatable bonds is 4. The molecule has 0 saturated heterocycles. The van der Waals surface area contributed by atoms with Gasteiger partial charge in [0.1, 0.15) is 5.01 Å². The molecule has 3 nitrogen and oxygen atoms in total. The largest absolute Gasteiger partial charge is 0.324 e. The quantitative estimate of drug-likeness (QED) is 0.867. The Morgan fingerprint density at radius 3 is 2.76 bits per heavy atom. The van der Waals surface area contributed by atoms with Crippen molar-refractivity contribution in [3.8, 4) is 0 Å². The van der Waals surface area contributed by atoms with E-state index >= 15 is 0 Å². The third-order valence-electron chi connectivity index (χ3n) is 3.62. The number of hydrogen-bond donors (Lipinski definition) is 2. The predicted molar refractivity (Wildman–Crippen MR) is 73.3 cm³/mol. The molecule has 1 aliphatic carbocycles. The lowest BCUT2D eigenvalue weighted by Gasteiger charge is -2.34. The number of aryl methyl sites for hydroxylation is 1. The average molecular weight is 253 g/mol. The Kier molecular flexibility index (Phi) is 4.17. The summed E-state index contributed by atoms with van der Waals surface area (Å²) in [5.41, 5.74) is 6.42. The van der Waals surface area contributed by atoms with Gasteiger partial charge >= 0.3 is 0 Å². The monoisotopic (exact) mass is 253 g/mol. The lowest BCUT2D eigenvalue weighted by Crippen LogP contribution is -2.50. The number of hydrogen-bond acceptors (Lipinski definition) is 4. The van der Waals surface area contributed by atoms with Crippen molar-refractivity contribution < 1.29 is 0 Å². The molecule has 0 aliphatic heterocycles. The maximum Gasteiger partial charge on any atom is 0.109 e. The third-order valence-corrected chi connectivity index (χ3v) is 4.71. The van der Waals surface area contributed by atoms with Gasteiger partial charge in [-0.3, -0.25) is 0 Å². The molecule has 1 atom stereocenters. The minimum Gasteiger partial charge on any atom is -0.324 e. The van der Waals surface area contributed by atoms with Gasteiger partial charge in [-0.15, -0.1) is 11.3 Å². The van der Waals surface area contributed by atoms with E-state index in [1.807, 2.05) is 6.20 Å². The van der Waals surface area contributed by atoms with Gasteiger partial charge in [-0.05, 0) is 26.7 Å². The van der Waals surface area contributed by atoms with Crippen molar-refractivity contribution in [2.24, 2.45) is 5.73 Å². The Morgan fingerprint density at radius 1 is 1.47 bits per heavy atom. The van der Waals surface area contributed by atoms with Gasteiger partial charge in [-0.25, -0.2) is 4.98 Å². The Bertz CT molecular complexity index is 355. The van der Waals surface area contributed by atoms with Gasteiger partial charge in [0.15, 0.2) is 0 Å². The van der Waals surface area contributed by atoms with E-state index in [1.54, 1.807) is 11.3 Å². The Hall–Kier alpha value is -0.450. The first-order valence-electron chi connectivity index (χ1n) is 6.54. The second-order valence-corrected chi connectivity index (χ2v) is 6.60. The summed E-state index contributed by atoms with van der Waals surface area (Å²) in [5.74, 6) is 0. The molecule has 1 heterocycles. The van der Waals surface area contributed by atoms with E-state index in [9.17, 15) is 0 Å². The highest BCUT2D eigenvalue weighted by Crippen LogP contribution is 2.26. The minimum absolute atomic E-state index is 0.0127. The van der Waals surface area contributed by atoms with Gasteiger partial charge in [0, 0.05) is 23.2 Å². The highest BCUT2D eigenvalue weighted by molar-refractivity contribution is 7.11. The van der Waals surface area contributed by atoms with Crippen molar-refractivity contribution in [1.29, 1.82) is 0 Å². The molecule has 0 radical (unpaired) electrons. The second kappa shape index (κ2) is 5.46. The summed E-state index contributed by atoms with van der Waals surface area (Å²) in [6.07, 6.45) is 8.16. The summed E-state index contributed by atoms with van der Waals surface area (Å²) in [7, 11) is 0. The zero-order chi connectivity index (χ0) is 12.3. The SMILES string of the molecule is Cc1cnc(C(C)NCC2(N)CCCCC2)s1. The molecule has 1 aromatic heterocycles. The molecule has 1 fully saturated rings. The first kappa shape index (κ1) is 13.0. The van der Waals surface area contributed by atoms with Gasteiger partial charge in [-0.1, -0.05) is 19.3 Å². The van der Waals surface area contributed by atoms with Crippen LogP contribution in [-0.4, -0.2) is 17.1 Å². The van der Waals surface area contributed by atoms with Gasteiger partial charge in [0.25, 0.3) is 0 Å². The minimum atomic E-state index is 0.0127. The number of thiazole rings is 1. The molecule has 17 heavy (non-hydrogen) atoms. The van der Waals surface area contributed by atoms with Gasteiger partial charge in [0.2, 0.25) is 0 Å². The Labute approximate surface area is 108 Å². The number of aromatic nitrogens is 1. The predicted octanol–water partition coefficient (Wildman–Crippen LogP) is 2.76. The molecule has 1 aromatic rings. The lowest BCUT2D eigenvalue weighted by atomic mass is 9.82. The van der Waals surface area contributed by atoms with E-state index in [4.69, 9.17) is 5.73 Å². The molecule has 3 N–H and O–H groups in total. The summed E-state index contributed by atoms with van der Waals surface area (Å²) in [6, 6.07) is 0.316. The number of nitrogens with zero attached hydrogens (tertiary/aromatic N) is 1. The maximum absolute atomic E-state index is 6.41. The number of nitrogens with two attached hydrogens (primary N) is 1. The molecular weight excluding hydrogens is 230 g/mol. The highest BCUT2D eigenvalue weighted by Gasteiger charge is 2.27. The first-order chi connectivity index (χ1) is 8.09. The molecular formula is C13H23N3S. The van der Waals surface area contributed by atoms with Crippen LogP contribution in [0.15, 0.2) is 6.20 Å². The van der Waals surface area contributed by atoms with Gasteiger partial charge in [0.05, 0.1) is 6.04 Å². The molecule has 1 saturated carbocycles. The normalized spacial score (nSPS) is 21.4. The van der Waals surface area contributed by atoms with Gasteiger partial charge < -0.3 is 11.1 Å². The van der Waals surface area contributed by atoms with E-state index in [2.05, 4.69) is 24.1 Å². The van der Waals surface area contributed by atoms with E-state index in [0.717, 1.165) is 19.4 Å². The second-order valence-electron chi connectivity index (χ2n) is 5.33. The van der Waals surface area contributed by atoms with Crippen LogP contribution in [0.2, 0.25) is 0 Å².